The average molecular weight is 236 g/mol. The van der Waals surface area contributed by atoms with E-state index >= 15 is 0 Å². The third-order valence-corrected chi connectivity index (χ3v) is 2.36. The van der Waals surface area contributed by atoms with Crippen molar-refractivity contribution in [1.29, 1.82) is 0 Å². The molecule has 94 valence electrons. The van der Waals surface area contributed by atoms with Crippen LogP contribution in [0.4, 0.5) is 5.69 Å². The number of hydrogen-bond acceptors (Lipinski definition) is 4. The monoisotopic (exact) mass is 236 g/mol. The highest BCUT2D eigenvalue weighted by molar-refractivity contribution is 5.75. The number of hydrogen-bond donors (Lipinski definition) is 0. The van der Waals surface area contributed by atoms with Gasteiger partial charge in [0.25, 0.3) is 0 Å². The Kier molecular flexibility index (Phi) is 5.46. The molecule has 0 bridgehead atoms. The van der Waals surface area contributed by atoms with Gasteiger partial charge >= 0.3 is 5.97 Å². The summed E-state index contributed by atoms with van der Waals surface area (Å²) in [5.41, 5.74) is 1.97. The van der Waals surface area contributed by atoms with E-state index in [1.54, 1.807) is 6.20 Å². The summed E-state index contributed by atoms with van der Waals surface area (Å²) in [6, 6.07) is 3.90. The minimum absolute atomic E-state index is 0.185. The largest absolute Gasteiger partial charge is 0.465 e. The van der Waals surface area contributed by atoms with Crippen molar-refractivity contribution in [2.75, 3.05) is 24.6 Å². The molecule has 0 aliphatic carbocycles. The lowest BCUT2D eigenvalue weighted by Crippen LogP contribution is -2.31. The topological polar surface area (TPSA) is 42.4 Å². The minimum Gasteiger partial charge on any atom is -0.465 e. The van der Waals surface area contributed by atoms with Gasteiger partial charge in [0.15, 0.2) is 0 Å². The van der Waals surface area contributed by atoms with Crippen molar-refractivity contribution in [3.05, 3.63) is 24.0 Å². The van der Waals surface area contributed by atoms with E-state index in [-0.39, 0.29) is 5.97 Å². The molecule has 1 rings (SSSR count). The van der Waals surface area contributed by atoms with Crippen LogP contribution in [0.3, 0.4) is 0 Å². The van der Waals surface area contributed by atoms with Crippen molar-refractivity contribution in [3.63, 3.8) is 0 Å². The Morgan fingerprint density at radius 3 is 2.82 bits per heavy atom. The first kappa shape index (κ1) is 13.5. The molecule has 0 aliphatic rings. The summed E-state index contributed by atoms with van der Waals surface area (Å²) in [5, 5.41) is 0. The summed E-state index contributed by atoms with van der Waals surface area (Å²) < 4.78 is 4.97. The summed E-state index contributed by atoms with van der Waals surface area (Å²) in [4.78, 5) is 17.7. The van der Waals surface area contributed by atoms with Gasteiger partial charge in [0.2, 0.25) is 0 Å². The second-order valence-electron chi connectivity index (χ2n) is 3.88. The van der Waals surface area contributed by atoms with Gasteiger partial charge in [0, 0.05) is 24.1 Å². The summed E-state index contributed by atoms with van der Waals surface area (Å²) >= 11 is 0. The van der Waals surface area contributed by atoms with Gasteiger partial charge in [-0.05, 0) is 32.4 Å². The molecule has 0 spiro atoms. The first-order valence-electron chi connectivity index (χ1n) is 6.00. The van der Waals surface area contributed by atoms with E-state index in [2.05, 4.69) is 11.9 Å². The normalized spacial score (nSPS) is 10.1. The van der Waals surface area contributed by atoms with Crippen LogP contribution in [-0.2, 0) is 9.53 Å². The van der Waals surface area contributed by atoms with Crippen LogP contribution in [0.15, 0.2) is 18.3 Å². The summed E-state index contributed by atoms with van der Waals surface area (Å²) in [5.74, 6) is -0.185. The van der Waals surface area contributed by atoms with Gasteiger partial charge in [-0.1, -0.05) is 6.92 Å². The fourth-order valence-electron chi connectivity index (χ4n) is 1.66. The molecule has 4 heteroatoms. The van der Waals surface area contributed by atoms with Gasteiger partial charge in [0.05, 0.1) is 6.61 Å². The Hall–Kier alpha value is -1.58. The minimum atomic E-state index is -0.185. The van der Waals surface area contributed by atoms with E-state index in [1.165, 1.54) is 0 Å². The maximum atomic E-state index is 11.5. The van der Waals surface area contributed by atoms with Crippen molar-refractivity contribution in [2.45, 2.75) is 27.2 Å². The molecule has 1 aromatic heterocycles. The molecule has 4 nitrogen and oxygen atoms in total. The van der Waals surface area contributed by atoms with Crippen LogP contribution in [-0.4, -0.2) is 30.6 Å². The Balaban J connectivity index is 2.74. The highest BCUT2D eigenvalue weighted by atomic mass is 16.5. The first-order valence-corrected chi connectivity index (χ1v) is 6.00. The molecule has 0 radical (unpaired) electrons. The first-order chi connectivity index (χ1) is 8.17. The Morgan fingerprint density at radius 1 is 1.47 bits per heavy atom. The summed E-state index contributed by atoms with van der Waals surface area (Å²) in [7, 11) is 0. The van der Waals surface area contributed by atoms with Gasteiger partial charge < -0.3 is 9.64 Å². The van der Waals surface area contributed by atoms with E-state index in [9.17, 15) is 4.79 Å². The van der Waals surface area contributed by atoms with E-state index < -0.39 is 0 Å². The number of aryl methyl sites for hydroxylation is 1. The number of esters is 1. The molecule has 0 saturated carbocycles. The second-order valence-corrected chi connectivity index (χ2v) is 3.88. The third-order valence-electron chi connectivity index (χ3n) is 2.36. The highest BCUT2D eigenvalue weighted by Crippen LogP contribution is 2.14. The molecule has 0 unspecified atom stereocenters. The molecule has 0 aromatic carbocycles. The number of pyridine rings is 1. The molecule has 0 atom stereocenters. The fraction of sp³-hybridized carbons (Fsp3) is 0.538. The Bertz CT molecular complexity index is 366. The predicted octanol–water partition coefficient (Wildman–Crippen LogP) is 2.17. The number of rotatable bonds is 6. The van der Waals surface area contributed by atoms with E-state index in [1.807, 2.05) is 30.9 Å². The van der Waals surface area contributed by atoms with E-state index in [0.717, 1.165) is 24.3 Å². The lowest BCUT2D eigenvalue weighted by molar-refractivity contribution is -0.141. The van der Waals surface area contributed by atoms with Crippen molar-refractivity contribution < 1.29 is 9.53 Å². The van der Waals surface area contributed by atoms with Crippen LogP contribution in [0.5, 0.6) is 0 Å². The number of anilines is 1. The van der Waals surface area contributed by atoms with Gasteiger partial charge in [-0.3, -0.25) is 9.78 Å². The van der Waals surface area contributed by atoms with Crippen LogP contribution >= 0.6 is 0 Å². The second kappa shape index (κ2) is 6.89. The van der Waals surface area contributed by atoms with Crippen LogP contribution in [0.2, 0.25) is 0 Å². The maximum absolute atomic E-state index is 11.5. The maximum Gasteiger partial charge on any atom is 0.325 e. The zero-order valence-corrected chi connectivity index (χ0v) is 10.8. The lowest BCUT2D eigenvalue weighted by atomic mass is 10.3. The van der Waals surface area contributed by atoms with Crippen molar-refractivity contribution in [3.8, 4) is 0 Å². The van der Waals surface area contributed by atoms with Crippen LogP contribution in [0.1, 0.15) is 26.0 Å². The number of ether oxygens (including phenoxy) is 1. The van der Waals surface area contributed by atoms with Crippen molar-refractivity contribution in [2.24, 2.45) is 0 Å². The van der Waals surface area contributed by atoms with Crippen LogP contribution in [0.25, 0.3) is 0 Å². The average Bonchev–Trinajstić information content (AvgIpc) is 2.29. The lowest BCUT2D eigenvalue weighted by Gasteiger charge is -2.23. The van der Waals surface area contributed by atoms with Gasteiger partial charge in [-0.15, -0.1) is 0 Å². The van der Waals surface area contributed by atoms with Gasteiger partial charge in [-0.25, -0.2) is 0 Å². The zero-order chi connectivity index (χ0) is 12.7. The summed E-state index contributed by atoms with van der Waals surface area (Å²) in [6.45, 7) is 7.41. The molecular formula is C13H20N2O2. The third kappa shape index (κ3) is 4.43. The smallest absolute Gasteiger partial charge is 0.325 e. The quantitative estimate of drug-likeness (QED) is 0.710. The number of nitrogens with zero attached hydrogens (tertiary/aromatic N) is 2. The summed E-state index contributed by atoms with van der Waals surface area (Å²) in [6.07, 6.45) is 2.75. The van der Waals surface area contributed by atoms with Crippen molar-refractivity contribution >= 4 is 11.7 Å². The Labute approximate surface area is 103 Å². The number of carbonyl (C=O) groups excluding carboxylic acids is 1. The zero-order valence-electron chi connectivity index (χ0n) is 10.8. The molecular weight excluding hydrogens is 216 g/mol. The van der Waals surface area contributed by atoms with Gasteiger partial charge in [-0.2, -0.15) is 0 Å². The Morgan fingerprint density at radius 2 is 2.24 bits per heavy atom. The number of aromatic nitrogens is 1. The molecule has 0 N–H and O–H groups in total. The molecule has 0 fully saturated rings. The van der Waals surface area contributed by atoms with Crippen LogP contribution in [0, 0.1) is 6.92 Å². The molecule has 1 aromatic rings. The predicted molar refractivity (Wildman–Crippen MR) is 68.1 cm³/mol. The molecule has 1 heterocycles. The molecule has 0 saturated heterocycles. The SMILES string of the molecule is CCCN(CC(=O)OCC)c1ccnc(C)c1. The van der Waals surface area contributed by atoms with Gasteiger partial charge in [0.1, 0.15) is 6.54 Å². The number of carbonyl (C=O) groups is 1. The standard InChI is InChI=1S/C13H20N2O2/c1-4-8-15(10-13(16)17-5-2)12-6-7-14-11(3)9-12/h6-7,9H,4-5,8,10H2,1-3H3. The fourth-order valence-corrected chi connectivity index (χ4v) is 1.66. The van der Waals surface area contributed by atoms with E-state index in [4.69, 9.17) is 4.74 Å². The van der Waals surface area contributed by atoms with Crippen molar-refractivity contribution in [1.82, 2.24) is 4.98 Å². The highest BCUT2D eigenvalue weighted by Gasteiger charge is 2.11. The molecule has 0 amide bonds. The van der Waals surface area contributed by atoms with E-state index in [0.29, 0.717) is 13.2 Å². The molecule has 0 aliphatic heterocycles. The molecule has 17 heavy (non-hydrogen) atoms. The van der Waals surface area contributed by atoms with Crippen LogP contribution < -0.4 is 4.90 Å².